The Labute approximate surface area is 300 Å². The van der Waals surface area contributed by atoms with Crippen molar-refractivity contribution in [3.05, 3.63) is 246 Å². The molecule has 0 saturated carbocycles. The molecule has 51 heavy (non-hydrogen) atoms. The van der Waals surface area contributed by atoms with Gasteiger partial charge in [-0.05, 0) is 85.0 Å². The lowest BCUT2D eigenvalue weighted by atomic mass is 9.85. The van der Waals surface area contributed by atoms with Gasteiger partial charge in [-0.15, -0.1) is 0 Å². The van der Waals surface area contributed by atoms with Crippen LogP contribution in [0, 0.1) is 0 Å². The number of hydrogen-bond donors (Lipinski definition) is 0. The molecule has 0 bridgehead atoms. The number of anilines is 1. The van der Waals surface area contributed by atoms with Crippen LogP contribution in [-0.4, -0.2) is 12.1 Å². The second-order valence-corrected chi connectivity index (χ2v) is 13.2. The summed E-state index contributed by atoms with van der Waals surface area (Å²) in [6.45, 7) is 0. The van der Waals surface area contributed by atoms with Gasteiger partial charge in [0.25, 0.3) is 0 Å². The maximum atomic E-state index is 2.53. The molecule has 0 amide bonds. The molecule has 0 spiro atoms. The number of benzene rings is 6. The number of hydrogen-bond acceptors (Lipinski definition) is 1. The van der Waals surface area contributed by atoms with Crippen LogP contribution in [0.5, 0.6) is 0 Å². The van der Waals surface area contributed by atoms with Crippen molar-refractivity contribution in [3.8, 4) is 22.3 Å². The Kier molecular flexibility index (Phi) is 8.08. The van der Waals surface area contributed by atoms with Gasteiger partial charge in [0.1, 0.15) is 0 Å². The van der Waals surface area contributed by atoms with Crippen molar-refractivity contribution in [2.45, 2.75) is 12.1 Å². The number of rotatable bonds is 7. The Morgan fingerprint density at radius 2 is 0.765 bits per heavy atom. The fraction of sp³-hybridized carbons (Fsp3) is 0.0400. The molecule has 2 atom stereocenters. The fourth-order valence-electron chi connectivity index (χ4n) is 7.84. The van der Waals surface area contributed by atoms with Crippen LogP contribution in [0.1, 0.15) is 22.3 Å². The van der Waals surface area contributed by atoms with E-state index in [0.717, 1.165) is 0 Å². The predicted octanol–water partition coefficient (Wildman–Crippen LogP) is 12.1. The summed E-state index contributed by atoms with van der Waals surface area (Å²) in [4.78, 5) is 2.53. The molecule has 242 valence electrons. The van der Waals surface area contributed by atoms with Gasteiger partial charge in [-0.3, -0.25) is 0 Å². The van der Waals surface area contributed by atoms with Crippen LogP contribution in [0.25, 0.3) is 33.4 Å². The lowest BCUT2D eigenvalue weighted by Gasteiger charge is -2.32. The van der Waals surface area contributed by atoms with E-state index in [9.17, 15) is 0 Å². The van der Waals surface area contributed by atoms with E-state index in [-0.39, 0.29) is 12.1 Å². The Balaban J connectivity index is 1.05. The van der Waals surface area contributed by atoms with Crippen molar-refractivity contribution in [2.75, 3.05) is 4.90 Å². The first kappa shape index (κ1) is 30.6. The molecule has 2 unspecified atom stereocenters. The van der Waals surface area contributed by atoms with Crippen molar-refractivity contribution >= 4 is 16.8 Å². The molecule has 0 radical (unpaired) electrons. The smallest absolute Gasteiger partial charge is 0.0742 e. The lowest BCUT2D eigenvalue weighted by Crippen LogP contribution is -2.37. The van der Waals surface area contributed by atoms with E-state index >= 15 is 0 Å². The summed E-state index contributed by atoms with van der Waals surface area (Å²) in [5, 5.41) is 0. The summed E-state index contributed by atoms with van der Waals surface area (Å²) in [5.41, 5.74) is 16.1. The van der Waals surface area contributed by atoms with E-state index in [2.05, 4.69) is 217 Å². The van der Waals surface area contributed by atoms with E-state index in [0.29, 0.717) is 0 Å². The first-order valence-electron chi connectivity index (χ1n) is 17.8. The highest BCUT2D eigenvalue weighted by Gasteiger charge is 2.37. The molecule has 1 nitrogen and oxygen atoms in total. The van der Waals surface area contributed by atoms with Crippen molar-refractivity contribution in [3.63, 3.8) is 0 Å². The van der Waals surface area contributed by atoms with E-state index in [1.165, 1.54) is 72.5 Å². The van der Waals surface area contributed by atoms with E-state index < -0.39 is 0 Å². The number of fused-ring (bicyclic) bond motifs is 2. The minimum absolute atomic E-state index is 0.261. The minimum Gasteiger partial charge on any atom is -0.350 e. The first-order valence-corrected chi connectivity index (χ1v) is 17.8. The third-order valence-corrected chi connectivity index (χ3v) is 10.2. The number of allylic oxidation sites excluding steroid dienone is 4. The summed E-state index contributed by atoms with van der Waals surface area (Å²) in [6.07, 6.45) is 17.8. The van der Waals surface area contributed by atoms with Gasteiger partial charge in [-0.2, -0.15) is 0 Å². The Morgan fingerprint density at radius 3 is 1.25 bits per heavy atom. The molecule has 6 aromatic carbocycles. The van der Waals surface area contributed by atoms with Crippen LogP contribution in [-0.2, 0) is 0 Å². The largest absolute Gasteiger partial charge is 0.350 e. The molecule has 9 rings (SSSR count). The second kappa shape index (κ2) is 13.5. The zero-order valence-corrected chi connectivity index (χ0v) is 28.3. The molecule has 0 saturated heterocycles. The maximum Gasteiger partial charge on any atom is 0.0742 e. The van der Waals surface area contributed by atoms with Gasteiger partial charge in [-0.25, -0.2) is 0 Å². The highest BCUT2D eigenvalue weighted by atomic mass is 15.2. The topological polar surface area (TPSA) is 3.24 Å². The summed E-state index contributed by atoms with van der Waals surface area (Å²) in [6, 6.07) is 59.9. The van der Waals surface area contributed by atoms with Gasteiger partial charge in [0, 0.05) is 5.69 Å². The molecular formula is C50H37N. The van der Waals surface area contributed by atoms with E-state index in [4.69, 9.17) is 0 Å². The Bertz CT molecular complexity index is 2290. The van der Waals surface area contributed by atoms with Gasteiger partial charge >= 0.3 is 0 Å². The molecule has 0 aromatic heterocycles. The predicted molar refractivity (Wildman–Crippen MR) is 215 cm³/mol. The second-order valence-electron chi connectivity index (χ2n) is 13.2. The van der Waals surface area contributed by atoms with Gasteiger partial charge < -0.3 is 4.90 Å². The molecule has 0 N–H and O–H groups in total. The van der Waals surface area contributed by atoms with Crippen LogP contribution >= 0.6 is 0 Å². The minimum atomic E-state index is 0.261. The first-order chi connectivity index (χ1) is 25.3. The standard InChI is InChI=1S/C50H37N/c1-4-15-39(16-5-1)49(40-17-6-2-7-18-40)50(41-19-8-3-9-20-41)43-22-14-21-42(35-43)38-29-27-36(28-30-38)37-31-33-44(34-32-37)51-47-25-12-10-23-45(47)46-24-11-13-26-48(46)51/h1-35,47-48H. The molecule has 6 aromatic rings. The van der Waals surface area contributed by atoms with Crippen molar-refractivity contribution in [1.82, 2.24) is 0 Å². The fourth-order valence-corrected chi connectivity index (χ4v) is 7.84. The summed E-state index contributed by atoms with van der Waals surface area (Å²) in [7, 11) is 0. The Hall–Kier alpha value is -6.44. The number of nitrogens with zero attached hydrogens (tertiary/aromatic N) is 1. The molecule has 1 aliphatic heterocycles. The van der Waals surface area contributed by atoms with Crippen molar-refractivity contribution in [2.24, 2.45) is 0 Å². The van der Waals surface area contributed by atoms with E-state index in [1.54, 1.807) is 0 Å². The van der Waals surface area contributed by atoms with Gasteiger partial charge in [-0.1, -0.05) is 194 Å². The molecule has 1 heterocycles. The lowest BCUT2D eigenvalue weighted by molar-refractivity contribution is 0.790. The normalized spacial score (nSPS) is 17.0. The third-order valence-electron chi connectivity index (χ3n) is 10.2. The molecule has 0 fully saturated rings. The zero-order valence-electron chi connectivity index (χ0n) is 28.3. The van der Waals surface area contributed by atoms with E-state index in [1.807, 2.05) is 0 Å². The summed E-state index contributed by atoms with van der Waals surface area (Å²) < 4.78 is 0. The molecular weight excluding hydrogens is 615 g/mol. The van der Waals surface area contributed by atoms with Crippen LogP contribution in [0.4, 0.5) is 5.69 Å². The quantitative estimate of drug-likeness (QED) is 0.155. The van der Waals surface area contributed by atoms with Crippen LogP contribution < -0.4 is 4.90 Å². The monoisotopic (exact) mass is 651 g/mol. The zero-order chi connectivity index (χ0) is 34.0. The highest BCUT2D eigenvalue weighted by Crippen LogP contribution is 2.41. The summed E-state index contributed by atoms with van der Waals surface area (Å²) in [5.74, 6) is 0. The molecule has 3 aliphatic rings. The van der Waals surface area contributed by atoms with Crippen LogP contribution in [0.2, 0.25) is 0 Å². The average molecular weight is 652 g/mol. The Morgan fingerprint density at radius 1 is 0.353 bits per heavy atom. The van der Waals surface area contributed by atoms with Crippen molar-refractivity contribution < 1.29 is 0 Å². The SMILES string of the molecule is C1=CC2=C3C=CC=CC3N(c3ccc(-c4ccc(-c5cccc(C(=C(c6ccccc6)c6ccccc6)c6ccccc6)c5)cc4)cc3)C2C=C1. The maximum absolute atomic E-state index is 2.53. The summed E-state index contributed by atoms with van der Waals surface area (Å²) >= 11 is 0. The average Bonchev–Trinajstić information content (AvgIpc) is 3.55. The molecule has 2 aliphatic carbocycles. The van der Waals surface area contributed by atoms with Gasteiger partial charge in [0.15, 0.2) is 0 Å². The molecule has 1 heteroatoms. The van der Waals surface area contributed by atoms with Crippen molar-refractivity contribution in [1.29, 1.82) is 0 Å². The highest BCUT2D eigenvalue weighted by molar-refractivity contribution is 6.05. The van der Waals surface area contributed by atoms with Crippen LogP contribution in [0.15, 0.2) is 224 Å². The van der Waals surface area contributed by atoms with Gasteiger partial charge in [0.05, 0.1) is 12.1 Å². The van der Waals surface area contributed by atoms with Crippen LogP contribution in [0.3, 0.4) is 0 Å². The third kappa shape index (κ3) is 5.83. The van der Waals surface area contributed by atoms with Gasteiger partial charge in [0.2, 0.25) is 0 Å².